The zero-order chi connectivity index (χ0) is 12.8. The van der Waals surface area contributed by atoms with Crippen LogP contribution in [0.15, 0.2) is 30.3 Å². The summed E-state index contributed by atoms with van der Waals surface area (Å²) in [6.45, 7) is 5.28. The van der Waals surface area contributed by atoms with Crippen LogP contribution in [0.3, 0.4) is 0 Å². The summed E-state index contributed by atoms with van der Waals surface area (Å²) in [5.74, 6) is 0. The smallest absolute Gasteiger partial charge is 0.0638 e. The lowest BCUT2D eigenvalue weighted by Gasteiger charge is -2.34. The first kappa shape index (κ1) is 13.1. The van der Waals surface area contributed by atoms with Gasteiger partial charge >= 0.3 is 0 Å². The van der Waals surface area contributed by atoms with E-state index < -0.39 is 0 Å². The van der Waals surface area contributed by atoms with Crippen molar-refractivity contribution in [2.75, 3.05) is 19.6 Å². The molecule has 3 heteroatoms. The number of nitrogens with one attached hydrogen (secondary N) is 1. The van der Waals surface area contributed by atoms with Gasteiger partial charge in [0.2, 0.25) is 0 Å². The Balaban J connectivity index is 2.14. The molecule has 0 saturated carbocycles. The molecule has 2 atom stereocenters. The minimum absolute atomic E-state index is 0.327. The van der Waals surface area contributed by atoms with E-state index in [9.17, 15) is 0 Å². The fourth-order valence-corrected chi connectivity index (χ4v) is 2.68. The number of nitrogens with zero attached hydrogens (tertiary/aromatic N) is 2. The number of nitriles is 1. The van der Waals surface area contributed by atoms with Gasteiger partial charge in [0.1, 0.15) is 0 Å². The fourth-order valence-electron chi connectivity index (χ4n) is 2.68. The zero-order valence-electron chi connectivity index (χ0n) is 11.0. The maximum atomic E-state index is 8.98. The number of benzene rings is 1. The lowest BCUT2D eigenvalue weighted by Crippen LogP contribution is -2.41. The van der Waals surface area contributed by atoms with Crippen LogP contribution in [0.25, 0.3) is 0 Å². The molecular formula is C15H21N3. The van der Waals surface area contributed by atoms with E-state index in [2.05, 4.69) is 47.5 Å². The molecule has 1 N–H and O–H groups in total. The van der Waals surface area contributed by atoms with Crippen molar-refractivity contribution in [1.82, 2.24) is 10.2 Å². The molecule has 1 aliphatic heterocycles. The van der Waals surface area contributed by atoms with Gasteiger partial charge in [-0.25, -0.2) is 0 Å². The lowest BCUT2D eigenvalue weighted by atomic mass is 10.0. The summed E-state index contributed by atoms with van der Waals surface area (Å²) in [5.41, 5.74) is 1.34. The predicted octanol–water partition coefficient (Wildman–Crippen LogP) is 2.33. The van der Waals surface area contributed by atoms with Gasteiger partial charge in [-0.3, -0.25) is 4.90 Å². The van der Waals surface area contributed by atoms with E-state index in [0.717, 1.165) is 26.1 Å². The topological polar surface area (TPSA) is 39.1 Å². The Morgan fingerprint density at radius 1 is 1.44 bits per heavy atom. The van der Waals surface area contributed by atoms with Crippen molar-refractivity contribution in [3.63, 3.8) is 0 Å². The quantitative estimate of drug-likeness (QED) is 0.885. The second-order valence-corrected chi connectivity index (χ2v) is 4.90. The Morgan fingerprint density at radius 2 is 2.22 bits per heavy atom. The van der Waals surface area contributed by atoms with Gasteiger partial charge < -0.3 is 5.32 Å². The van der Waals surface area contributed by atoms with Crippen LogP contribution in [0.2, 0.25) is 0 Å². The molecule has 0 bridgehead atoms. The van der Waals surface area contributed by atoms with Crippen LogP contribution in [-0.2, 0) is 0 Å². The van der Waals surface area contributed by atoms with Gasteiger partial charge in [0.25, 0.3) is 0 Å². The third-order valence-electron chi connectivity index (χ3n) is 3.73. The summed E-state index contributed by atoms with van der Waals surface area (Å²) in [7, 11) is 0. The highest BCUT2D eigenvalue weighted by molar-refractivity contribution is 5.18. The van der Waals surface area contributed by atoms with Crippen molar-refractivity contribution in [3.05, 3.63) is 35.9 Å². The van der Waals surface area contributed by atoms with Crippen molar-refractivity contribution in [2.45, 2.75) is 31.8 Å². The second-order valence-electron chi connectivity index (χ2n) is 4.90. The molecule has 1 aromatic rings. The molecule has 1 aromatic carbocycles. The van der Waals surface area contributed by atoms with Crippen molar-refractivity contribution < 1.29 is 0 Å². The first-order valence-corrected chi connectivity index (χ1v) is 6.71. The molecule has 2 rings (SSSR count). The molecule has 18 heavy (non-hydrogen) atoms. The molecule has 0 spiro atoms. The van der Waals surface area contributed by atoms with E-state index in [0.29, 0.717) is 18.5 Å². The van der Waals surface area contributed by atoms with Gasteiger partial charge in [0, 0.05) is 25.2 Å². The Labute approximate surface area is 109 Å². The van der Waals surface area contributed by atoms with E-state index in [1.165, 1.54) is 5.56 Å². The maximum Gasteiger partial charge on any atom is 0.0638 e. The van der Waals surface area contributed by atoms with Gasteiger partial charge in [-0.2, -0.15) is 5.26 Å². The Bertz CT molecular complexity index is 396. The summed E-state index contributed by atoms with van der Waals surface area (Å²) in [6.07, 6.45) is 1.75. The lowest BCUT2D eigenvalue weighted by molar-refractivity contribution is 0.156. The van der Waals surface area contributed by atoms with Gasteiger partial charge in [0.05, 0.1) is 12.5 Å². The minimum atomic E-state index is 0.327. The molecule has 1 saturated heterocycles. The molecule has 1 aliphatic rings. The summed E-state index contributed by atoms with van der Waals surface area (Å²) in [4.78, 5) is 2.47. The number of hydrogen-bond acceptors (Lipinski definition) is 3. The SMILES string of the molecule is CC(c1ccccc1)N1CCCNCC1CC#N. The Kier molecular flexibility index (Phi) is 4.74. The van der Waals surface area contributed by atoms with Gasteiger partial charge in [0.15, 0.2) is 0 Å². The zero-order valence-corrected chi connectivity index (χ0v) is 11.0. The average molecular weight is 243 g/mol. The van der Waals surface area contributed by atoms with Gasteiger partial charge in [-0.15, -0.1) is 0 Å². The van der Waals surface area contributed by atoms with Crippen LogP contribution >= 0.6 is 0 Å². The molecule has 1 heterocycles. The maximum absolute atomic E-state index is 8.98. The first-order valence-electron chi connectivity index (χ1n) is 6.71. The average Bonchev–Trinajstić information content (AvgIpc) is 2.65. The molecule has 2 unspecified atom stereocenters. The normalized spacial score (nSPS) is 23.0. The van der Waals surface area contributed by atoms with Crippen molar-refractivity contribution in [1.29, 1.82) is 5.26 Å². The van der Waals surface area contributed by atoms with E-state index in [4.69, 9.17) is 5.26 Å². The van der Waals surface area contributed by atoms with Crippen LogP contribution in [0.1, 0.15) is 31.4 Å². The van der Waals surface area contributed by atoms with Crippen LogP contribution in [0, 0.1) is 11.3 Å². The Hall–Kier alpha value is -1.37. The molecule has 0 radical (unpaired) electrons. The standard InChI is InChI=1S/C15H21N3/c1-13(14-6-3-2-4-7-14)18-11-5-10-17-12-15(18)8-9-16/h2-4,6-7,13,15,17H,5,8,10-12H2,1H3. The largest absolute Gasteiger partial charge is 0.315 e. The summed E-state index contributed by atoms with van der Waals surface area (Å²) >= 11 is 0. The summed E-state index contributed by atoms with van der Waals surface area (Å²) < 4.78 is 0. The van der Waals surface area contributed by atoms with Gasteiger partial charge in [-0.1, -0.05) is 30.3 Å². The summed E-state index contributed by atoms with van der Waals surface area (Å²) in [6, 6.07) is 13.6. The number of hydrogen-bond donors (Lipinski definition) is 1. The predicted molar refractivity (Wildman–Crippen MR) is 73.1 cm³/mol. The first-order chi connectivity index (χ1) is 8.83. The van der Waals surface area contributed by atoms with E-state index in [-0.39, 0.29) is 0 Å². The van der Waals surface area contributed by atoms with Crippen LogP contribution < -0.4 is 5.32 Å². The number of rotatable bonds is 3. The third kappa shape index (κ3) is 3.10. The van der Waals surface area contributed by atoms with Crippen molar-refractivity contribution in [2.24, 2.45) is 0 Å². The second kappa shape index (κ2) is 6.53. The third-order valence-corrected chi connectivity index (χ3v) is 3.73. The van der Waals surface area contributed by atoms with Crippen LogP contribution in [-0.4, -0.2) is 30.6 Å². The molecular weight excluding hydrogens is 222 g/mol. The summed E-state index contributed by atoms with van der Waals surface area (Å²) in [5, 5.41) is 12.4. The van der Waals surface area contributed by atoms with E-state index in [1.54, 1.807) is 0 Å². The fraction of sp³-hybridized carbons (Fsp3) is 0.533. The minimum Gasteiger partial charge on any atom is -0.315 e. The molecule has 3 nitrogen and oxygen atoms in total. The van der Waals surface area contributed by atoms with Gasteiger partial charge in [-0.05, 0) is 25.5 Å². The van der Waals surface area contributed by atoms with Crippen molar-refractivity contribution >= 4 is 0 Å². The highest BCUT2D eigenvalue weighted by atomic mass is 15.2. The van der Waals surface area contributed by atoms with Crippen LogP contribution in [0.4, 0.5) is 0 Å². The molecule has 0 aromatic heterocycles. The molecule has 0 aliphatic carbocycles. The Morgan fingerprint density at radius 3 is 2.94 bits per heavy atom. The molecule has 1 fully saturated rings. The van der Waals surface area contributed by atoms with Crippen LogP contribution in [0.5, 0.6) is 0 Å². The molecule has 0 amide bonds. The highest BCUT2D eigenvalue weighted by Gasteiger charge is 2.25. The highest BCUT2D eigenvalue weighted by Crippen LogP contribution is 2.24. The van der Waals surface area contributed by atoms with Crippen molar-refractivity contribution in [3.8, 4) is 6.07 Å². The van der Waals surface area contributed by atoms with E-state index >= 15 is 0 Å². The monoisotopic (exact) mass is 243 g/mol. The van der Waals surface area contributed by atoms with E-state index in [1.807, 2.05) is 6.07 Å². The molecule has 96 valence electrons.